The van der Waals surface area contributed by atoms with Crippen LogP contribution in [0.1, 0.15) is 46.0 Å². The average Bonchev–Trinajstić information content (AvgIpc) is 2.86. The van der Waals surface area contributed by atoms with Crippen molar-refractivity contribution in [3.63, 3.8) is 0 Å². The standard InChI is InChI=1S/C21H24O5/c1-19-7-5-13(23)9-12(19)3-4-14-15-6-8-21(26,17(25)11-22)20(15,2)10-16(24)18(14)19/h5,7,9,11,14-15,18,26H,3-4,6,8,10H2,1-2H3/t14?,15?,18?,19?,20?,21-/m0/s1. The average molecular weight is 356 g/mol. The quantitative estimate of drug-likeness (QED) is 0.604. The molecule has 5 nitrogen and oxygen atoms in total. The molecule has 1 N–H and O–H groups in total. The Kier molecular flexibility index (Phi) is 3.59. The molecule has 0 aliphatic heterocycles. The summed E-state index contributed by atoms with van der Waals surface area (Å²) < 4.78 is 0. The first-order chi connectivity index (χ1) is 12.2. The fourth-order valence-corrected chi connectivity index (χ4v) is 6.54. The summed E-state index contributed by atoms with van der Waals surface area (Å²) >= 11 is 0. The monoisotopic (exact) mass is 356 g/mol. The van der Waals surface area contributed by atoms with Crippen molar-refractivity contribution in [3.8, 4) is 0 Å². The number of aldehydes is 1. The van der Waals surface area contributed by atoms with Crippen LogP contribution in [0.4, 0.5) is 0 Å². The lowest BCUT2D eigenvalue weighted by Crippen LogP contribution is -2.60. The van der Waals surface area contributed by atoms with Crippen molar-refractivity contribution in [3.05, 3.63) is 23.8 Å². The summed E-state index contributed by atoms with van der Waals surface area (Å²) in [5, 5.41) is 11.1. The van der Waals surface area contributed by atoms with Crippen molar-refractivity contribution in [1.29, 1.82) is 0 Å². The summed E-state index contributed by atoms with van der Waals surface area (Å²) in [7, 11) is 0. The minimum Gasteiger partial charge on any atom is -0.381 e. The molecule has 138 valence electrons. The van der Waals surface area contributed by atoms with Gasteiger partial charge in [-0.05, 0) is 49.7 Å². The van der Waals surface area contributed by atoms with Gasteiger partial charge in [0, 0.05) is 23.2 Å². The molecule has 0 aromatic heterocycles. The van der Waals surface area contributed by atoms with Gasteiger partial charge in [0.15, 0.2) is 12.1 Å². The molecule has 0 aromatic rings. The first-order valence-corrected chi connectivity index (χ1v) is 9.36. The highest BCUT2D eigenvalue weighted by Crippen LogP contribution is 2.65. The molecule has 0 amide bonds. The van der Waals surface area contributed by atoms with Crippen molar-refractivity contribution >= 4 is 23.6 Å². The number of allylic oxidation sites excluding steroid dienone is 4. The van der Waals surface area contributed by atoms with Crippen LogP contribution in [0.3, 0.4) is 0 Å². The van der Waals surface area contributed by atoms with Crippen LogP contribution in [0.15, 0.2) is 23.8 Å². The minimum absolute atomic E-state index is 0.0171. The predicted molar refractivity (Wildman–Crippen MR) is 93.0 cm³/mol. The van der Waals surface area contributed by atoms with E-state index in [9.17, 15) is 24.3 Å². The molecular formula is C21H24O5. The van der Waals surface area contributed by atoms with Gasteiger partial charge in [-0.2, -0.15) is 0 Å². The zero-order valence-corrected chi connectivity index (χ0v) is 15.2. The molecule has 0 heterocycles. The van der Waals surface area contributed by atoms with E-state index in [-0.39, 0.29) is 48.4 Å². The second kappa shape index (κ2) is 5.32. The normalized spacial score (nSPS) is 46.9. The van der Waals surface area contributed by atoms with E-state index < -0.39 is 22.2 Å². The number of fused-ring (bicyclic) bond motifs is 5. The third kappa shape index (κ3) is 1.95. The Morgan fingerprint density at radius 3 is 2.69 bits per heavy atom. The fourth-order valence-electron chi connectivity index (χ4n) is 6.54. The highest BCUT2D eigenvalue weighted by molar-refractivity contribution is 6.29. The summed E-state index contributed by atoms with van der Waals surface area (Å²) in [5.74, 6) is -0.980. The summed E-state index contributed by atoms with van der Waals surface area (Å²) in [4.78, 5) is 48.3. The number of Topliss-reactive ketones (excluding diaryl/α,β-unsaturated/α-hetero) is 2. The number of aliphatic hydroxyl groups is 1. The first kappa shape index (κ1) is 17.5. The van der Waals surface area contributed by atoms with Gasteiger partial charge in [-0.1, -0.05) is 25.5 Å². The summed E-state index contributed by atoms with van der Waals surface area (Å²) in [5.41, 5.74) is -2.09. The van der Waals surface area contributed by atoms with Crippen molar-refractivity contribution in [2.45, 2.75) is 51.6 Å². The molecule has 6 atom stereocenters. The number of hydrogen-bond acceptors (Lipinski definition) is 5. The van der Waals surface area contributed by atoms with Gasteiger partial charge in [0.05, 0.1) is 0 Å². The van der Waals surface area contributed by atoms with E-state index in [1.165, 1.54) is 0 Å². The molecule has 0 bridgehead atoms. The lowest BCUT2D eigenvalue weighted by atomic mass is 9.46. The van der Waals surface area contributed by atoms with E-state index in [1.807, 2.05) is 13.0 Å². The van der Waals surface area contributed by atoms with E-state index in [1.54, 1.807) is 19.1 Å². The molecule has 3 fully saturated rings. The summed E-state index contributed by atoms with van der Waals surface area (Å²) in [6.07, 6.45) is 7.77. The highest BCUT2D eigenvalue weighted by Gasteiger charge is 2.68. The SMILES string of the molecule is CC12C=CC(=O)C=C1CCC1C2C(=O)CC2(C)C1CC[C@]2(O)C(=O)C=O. The molecule has 4 aliphatic carbocycles. The lowest BCUT2D eigenvalue weighted by Gasteiger charge is -2.56. The topological polar surface area (TPSA) is 88.5 Å². The third-order valence-electron chi connectivity index (χ3n) is 7.92. The minimum atomic E-state index is -1.74. The maximum Gasteiger partial charge on any atom is 0.227 e. The van der Waals surface area contributed by atoms with E-state index in [0.29, 0.717) is 6.42 Å². The van der Waals surface area contributed by atoms with Crippen LogP contribution in [0.25, 0.3) is 0 Å². The van der Waals surface area contributed by atoms with Crippen LogP contribution in [0.2, 0.25) is 0 Å². The predicted octanol–water partition coefficient (Wildman–Crippen LogP) is 1.97. The van der Waals surface area contributed by atoms with Crippen LogP contribution in [-0.4, -0.2) is 34.3 Å². The van der Waals surface area contributed by atoms with Crippen LogP contribution in [0, 0.1) is 28.6 Å². The second-order valence-corrected chi connectivity index (χ2v) is 8.92. The summed E-state index contributed by atoms with van der Waals surface area (Å²) in [6, 6.07) is 0. The molecule has 0 aromatic carbocycles. The van der Waals surface area contributed by atoms with Gasteiger partial charge in [-0.3, -0.25) is 19.2 Å². The van der Waals surface area contributed by atoms with Crippen molar-refractivity contribution in [2.24, 2.45) is 28.6 Å². The molecule has 3 saturated carbocycles. The van der Waals surface area contributed by atoms with Gasteiger partial charge in [0.25, 0.3) is 0 Å². The molecular weight excluding hydrogens is 332 g/mol. The molecule has 4 rings (SSSR count). The zero-order chi connectivity index (χ0) is 18.9. The molecule has 4 aliphatic rings. The Labute approximate surface area is 152 Å². The van der Waals surface area contributed by atoms with Crippen LogP contribution < -0.4 is 0 Å². The van der Waals surface area contributed by atoms with Crippen molar-refractivity contribution < 1.29 is 24.3 Å². The van der Waals surface area contributed by atoms with E-state index in [0.717, 1.165) is 18.4 Å². The van der Waals surface area contributed by atoms with Gasteiger partial charge in [-0.25, -0.2) is 0 Å². The number of rotatable bonds is 2. The maximum absolute atomic E-state index is 13.3. The number of hydrogen-bond donors (Lipinski definition) is 1. The Morgan fingerprint density at radius 2 is 2.00 bits per heavy atom. The van der Waals surface area contributed by atoms with Crippen LogP contribution >= 0.6 is 0 Å². The number of carbonyl (C=O) groups is 4. The Morgan fingerprint density at radius 1 is 1.27 bits per heavy atom. The van der Waals surface area contributed by atoms with E-state index in [2.05, 4.69) is 0 Å². The van der Waals surface area contributed by atoms with Gasteiger partial charge in [0.1, 0.15) is 11.4 Å². The third-order valence-corrected chi connectivity index (χ3v) is 7.92. The van der Waals surface area contributed by atoms with Crippen molar-refractivity contribution in [1.82, 2.24) is 0 Å². The Bertz CT molecular complexity index is 792. The fraction of sp³-hybridized carbons (Fsp3) is 0.619. The smallest absolute Gasteiger partial charge is 0.227 e. The van der Waals surface area contributed by atoms with E-state index >= 15 is 0 Å². The van der Waals surface area contributed by atoms with Gasteiger partial charge in [-0.15, -0.1) is 0 Å². The van der Waals surface area contributed by atoms with Gasteiger partial charge >= 0.3 is 0 Å². The first-order valence-electron chi connectivity index (χ1n) is 9.36. The largest absolute Gasteiger partial charge is 0.381 e. The Balaban J connectivity index is 1.77. The van der Waals surface area contributed by atoms with Crippen LogP contribution in [0.5, 0.6) is 0 Å². The van der Waals surface area contributed by atoms with Crippen molar-refractivity contribution in [2.75, 3.05) is 0 Å². The molecule has 5 unspecified atom stereocenters. The molecule has 0 radical (unpaired) electrons. The zero-order valence-electron chi connectivity index (χ0n) is 15.2. The second-order valence-electron chi connectivity index (χ2n) is 8.92. The van der Waals surface area contributed by atoms with Gasteiger partial charge in [0.2, 0.25) is 5.78 Å². The molecule has 0 spiro atoms. The summed E-state index contributed by atoms with van der Waals surface area (Å²) in [6.45, 7) is 3.82. The maximum atomic E-state index is 13.3. The lowest BCUT2D eigenvalue weighted by molar-refractivity contribution is -0.167. The number of ketones is 3. The molecule has 5 heteroatoms. The Hall–Kier alpha value is -1.88. The number of carbonyl (C=O) groups excluding carboxylic acids is 4. The van der Waals surface area contributed by atoms with Crippen LogP contribution in [-0.2, 0) is 19.2 Å². The van der Waals surface area contributed by atoms with Gasteiger partial charge < -0.3 is 5.11 Å². The molecule has 0 saturated heterocycles. The molecule has 26 heavy (non-hydrogen) atoms. The van der Waals surface area contributed by atoms with E-state index in [4.69, 9.17) is 0 Å². The highest BCUT2D eigenvalue weighted by atomic mass is 16.3.